The summed E-state index contributed by atoms with van der Waals surface area (Å²) in [6.07, 6.45) is 4.25. The summed E-state index contributed by atoms with van der Waals surface area (Å²) in [5.41, 5.74) is 0.956. The summed E-state index contributed by atoms with van der Waals surface area (Å²) in [5, 5.41) is 0. The van der Waals surface area contributed by atoms with Crippen molar-refractivity contribution in [3.05, 3.63) is 0 Å². The molecular weight excluding hydrogens is 244 g/mol. The molecule has 0 saturated carbocycles. The van der Waals surface area contributed by atoms with Crippen molar-refractivity contribution in [1.82, 2.24) is 9.80 Å². The van der Waals surface area contributed by atoms with Crippen LogP contribution in [0.1, 0.15) is 60.8 Å². The van der Waals surface area contributed by atoms with Gasteiger partial charge in [0, 0.05) is 25.7 Å². The van der Waals surface area contributed by atoms with Crippen LogP contribution in [0.2, 0.25) is 0 Å². The fourth-order valence-electron chi connectivity index (χ4n) is 3.96. The van der Waals surface area contributed by atoms with Crippen LogP contribution in [-0.4, -0.2) is 48.6 Å². The molecule has 2 nitrogen and oxygen atoms in total. The Bertz CT molecular complexity index is 296. The van der Waals surface area contributed by atoms with E-state index in [-0.39, 0.29) is 0 Å². The zero-order valence-electron chi connectivity index (χ0n) is 14.7. The van der Waals surface area contributed by atoms with Crippen LogP contribution in [0.4, 0.5) is 0 Å². The minimum absolute atomic E-state index is 0.449. The van der Waals surface area contributed by atoms with E-state index in [0.717, 1.165) is 12.0 Å². The highest BCUT2D eigenvalue weighted by atomic mass is 15.3. The van der Waals surface area contributed by atoms with Crippen LogP contribution >= 0.6 is 0 Å². The Morgan fingerprint density at radius 3 is 1.85 bits per heavy atom. The van der Waals surface area contributed by atoms with E-state index in [1.54, 1.807) is 0 Å². The molecule has 2 heterocycles. The summed E-state index contributed by atoms with van der Waals surface area (Å²) in [7, 11) is 0. The third kappa shape index (κ3) is 5.04. The van der Waals surface area contributed by atoms with Crippen molar-refractivity contribution < 1.29 is 0 Å². The summed E-state index contributed by atoms with van der Waals surface area (Å²) < 4.78 is 0. The Morgan fingerprint density at radius 2 is 1.40 bits per heavy atom. The van der Waals surface area contributed by atoms with Gasteiger partial charge in [-0.1, -0.05) is 41.5 Å². The van der Waals surface area contributed by atoms with Crippen LogP contribution < -0.4 is 0 Å². The Hall–Kier alpha value is -0.0800. The highest BCUT2D eigenvalue weighted by molar-refractivity contribution is 4.91. The largest absolute Gasteiger partial charge is 0.300 e. The van der Waals surface area contributed by atoms with Crippen LogP contribution in [0.25, 0.3) is 0 Å². The number of likely N-dealkylation sites (tertiary alicyclic amines) is 2. The number of hydrogen-bond acceptors (Lipinski definition) is 2. The molecule has 0 aliphatic carbocycles. The van der Waals surface area contributed by atoms with Crippen LogP contribution in [-0.2, 0) is 0 Å². The van der Waals surface area contributed by atoms with Gasteiger partial charge >= 0.3 is 0 Å². The minimum Gasteiger partial charge on any atom is -0.300 e. The lowest BCUT2D eigenvalue weighted by Crippen LogP contribution is -2.61. The average Bonchev–Trinajstić information content (AvgIpc) is 2.21. The lowest BCUT2D eigenvalue weighted by Gasteiger charge is -2.49. The van der Waals surface area contributed by atoms with Gasteiger partial charge in [-0.3, -0.25) is 9.80 Å². The van der Waals surface area contributed by atoms with Gasteiger partial charge in [0.05, 0.1) is 0 Å². The van der Waals surface area contributed by atoms with E-state index in [9.17, 15) is 0 Å². The first kappa shape index (κ1) is 16.3. The molecule has 0 unspecified atom stereocenters. The van der Waals surface area contributed by atoms with Crippen molar-refractivity contribution in [3.8, 4) is 0 Å². The summed E-state index contributed by atoms with van der Waals surface area (Å²) in [6.45, 7) is 20.7. The number of nitrogens with zero attached hydrogens (tertiary/aromatic N) is 2. The normalized spacial score (nSPS) is 24.9. The summed E-state index contributed by atoms with van der Waals surface area (Å²) >= 11 is 0. The zero-order chi connectivity index (χ0) is 15.0. The predicted molar refractivity (Wildman–Crippen MR) is 88.1 cm³/mol. The van der Waals surface area contributed by atoms with Gasteiger partial charge < -0.3 is 0 Å². The maximum atomic E-state index is 2.76. The van der Waals surface area contributed by atoms with Crippen LogP contribution in [0.5, 0.6) is 0 Å². The Balaban J connectivity index is 1.66. The monoisotopic (exact) mass is 280 g/mol. The maximum absolute atomic E-state index is 2.76. The zero-order valence-corrected chi connectivity index (χ0v) is 14.7. The fraction of sp³-hybridized carbons (Fsp3) is 1.00. The molecule has 0 spiro atoms. The lowest BCUT2D eigenvalue weighted by molar-refractivity contribution is -0.00396. The van der Waals surface area contributed by atoms with Crippen LogP contribution in [0.3, 0.4) is 0 Å². The second-order valence-electron chi connectivity index (χ2n) is 9.65. The Labute approximate surface area is 126 Å². The van der Waals surface area contributed by atoms with Crippen molar-refractivity contribution >= 4 is 0 Å². The molecule has 0 amide bonds. The van der Waals surface area contributed by atoms with E-state index in [4.69, 9.17) is 0 Å². The fourth-order valence-corrected chi connectivity index (χ4v) is 3.96. The smallest absolute Gasteiger partial charge is 0.0350 e. The van der Waals surface area contributed by atoms with Gasteiger partial charge in [-0.2, -0.15) is 0 Å². The van der Waals surface area contributed by atoms with E-state index < -0.39 is 0 Å². The summed E-state index contributed by atoms with van der Waals surface area (Å²) in [5.74, 6) is 0.969. The quantitative estimate of drug-likeness (QED) is 0.774. The van der Waals surface area contributed by atoms with Crippen molar-refractivity contribution in [2.45, 2.75) is 66.8 Å². The Kier molecular flexibility index (Phi) is 4.86. The van der Waals surface area contributed by atoms with Gasteiger partial charge in [0.25, 0.3) is 0 Å². The SMILES string of the molecule is CC(C)(C)CC1CCN(C2CN(CC(C)(C)C)C2)CC1. The second kappa shape index (κ2) is 5.96. The van der Waals surface area contributed by atoms with E-state index in [0.29, 0.717) is 10.8 Å². The molecule has 0 atom stereocenters. The third-order valence-corrected chi connectivity index (χ3v) is 4.70. The molecule has 0 aromatic carbocycles. The molecule has 0 N–H and O–H groups in total. The molecule has 118 valence electrons. The van der Waals surface area contributed by atoms with Crippen LogP contribution in [0.15, 0.2) is 0 Å². The molecule has 2 aliphatic rings. The second-order valence-corrected chi connectivity index (χ2v) is 9.65. The van der Waals surface area contributed by atoms with Gasteiger partial charge in [0.2, 0.25) is 0 Å². The molecule has 0 radical (unpaired) electrons. The van der Waals surface area contributed by atoms with Crippen molar-refractivity contribution in [3.63, 3.8) is 0 Å². The van der Waals surface area contributed by atoms with Crippen molar-refractivity contribution in [1.29, 1.82) is 0 Å². The number of hydrogen-bond donors (Lipinski definition) is 0. The number of piperidine rings is 1. The molecule has 0 aromatic rings. The summed E-state index contributed by atoms with van der Waals surface area (Å²) in [6, 6.07) is 0.855. The molecule has 2 aliphatic heterocycles. The van der Waals surface area contributed by atoms with Crippen molar-refractivity contribution in [2.24, 2.45) is 16.7 Å². The van der Waals surface area contributed by atoms with Gasteiger partial charge in [-0.15, -0.1) is 0 Å². The molecule has 2 saturated heterocycles. The first-order valence-corrected chi connectivity index (χ1v) is 8.59. The highest BCUT2D eigenvalue weighted by Gasteiger charge is 2.35. The van der Waals surface area contributed by atoms with E-state index in [1.807, 2.05) is 0 Å². The molecule has 20 heavy (non-hydrogen) atoms. The molecule has 0 bridgehead atoms. The van der Waals surface area contributed by atoms with Crippen molar-refractivity contribution in [2.75, 3.05) is 32.7 Å². The lowest BCUT2D eigenvalue weighted by atomic mass is 9.80. The standard InChI is InChI=1S/C18H36N2/c1-17(2,3)11-15-7-9-20(10-8-15)16-12-19(13-16)14-18(4,5)6/h15-16H,7-14H2,1-6H3. The van der Waals surface area contributed by atoms with Gasteiger partial charge in [0.15, 0.2) is 0 Å². The highest BCUT2D eigenvalue weighted by Crippen LogP contribution is 2.32. The van der Waals surface area contributed by atoms with E-state index in [2.05, 4.69) is 51.3 Å². The number of rotatable bonds is 3. The van der Waals surface area contributed by atoms with Gasteiger partial charge in [-0.25, -0.2) is 0 Å². The molecular formula is C18H36N2. The average molecular weight is 281 g/mol. The molecule has 2 rings (SSSR count). The molecule has 2 heteroatoms. The van der Waals surface area contributed by atoms with Gasteiger partial charge in [0.1, 0.15) is 0 Å². The molecule has 2 fully saturated rings. The first-order chi connectivity index (χ1) is 9.12. The topological polar surface area (TPSA) is 6.48 Å². The van der Waals surface area contributed by atoms with E-state index >= 15 is 0 Å². The minimum atomic E-state index is 0.449. The third-order valence-electron chi connectivity index (χ3n) is 4.70. The van der Waals surface area contributed by atoms with E-state index in [1.165, 1.54) is 52.0 Å². The molecule has 0 aromatic heterocycles. The first-order valence-electron chi connectivity index (χ1n) is 8.59. The van der Waals surface area contributed by atoms with Crippen LogP contribution in [0, 0.1) is 16.7 Å². The Morgan fingerprint density at radius 1 is 0.850 bits per heavy atom. The maximum Gasteiger partial charge on any atom is 0.0350 e. The predicted octanol–water partition coefficient (Wildman–Crippen LogP) is 3.86. The van der Waals surface area contributed by atoms with Gasteiger partial charge in [-0.05, 0) is 49.1 Å². The summed E-state index contributed by atoms with van der Waals surface area (Å²) in [4.78, 5) is 5.39.